The summed E-state index contributed by atoms with van der Waals surface area (Å²) >= 11 is 0. The third-order valence-electron chi connectivity index (χ3n) is 5.31. The number of hydrogen-bond acceptors (Lipinski definition) is 2. The van der Waals surface area contributed by atoms with E-state index in [0.29, 0.717) is 12.3 Å². The first kappa shape index (κ1) is 17.0. The van der Waals surface area contributed by atoms with Crippen LogP contribution >= 0.6 is 0 Å². The van der Waals surface area contributed by atoms with E-state index in [-0.39, 0.29) is 11.3 Å². The number of rotatable bonds is 8. The van der Waals surface area contributed by atoms with Crippen molar-refractivity contribution in [1.29, 1.82) is 0 Å². The lowest BCUT2D eigenvalue weighted by Crippen LogP contribution is -2.40. The van der Waals surface area contributed by atoms with Crippen LogP contribution in [-0.2, 0) is 10.2 Å². The zero-order valence-electron chi connectivity index (χ0n) is 14.0. The minimum absolute atomic E-state index is 0.0613. The van der Waals surface area contributed by atoms with Gasteiger partial charge in [0.05, 0.1) is 0 Å². The molecule has 1 aliphatic rings. The molecule has 1 saturated heterocycles. The summed E-state index contributed by atoms with van der Waals surface area (Å²) in [6.07, 6.45) is 4.96. The molecule has 2 N–H and O–H groups in total. The normalized spacial score (nSPS) is 18.4. The summed E-state index contributed by atoms with van der Waals surface area (Å²) in [5.41, 5.74) is 1.39. The zero-order valence-corrected chi connectivity index (χ0v) is 14.0. The smallest absolute Gasteiger partial charge is 0.220 e. The molecule has 22 heavy (non-hydrogen) atoms. The van der Waals surface area contributed by atoms with Crippen molar-refractivity contribution < 1.29 is 4.79 Å². The largest absolute Gasteiger partial charge is 0.355 e. The highest BCUT2D eigenvalue weighted by Gasteiger charge is 2.28. The highest BCUT2D eigenvalue weighted by molar-refractivity contribution is 5.76. The van der Waals surface area contributed by atoms with Gasteiger partial charge in [-0.3, -0.25) is 4.79 Å². The summed E-state index contributed by atoms with van der Waals surface area (Å²) in [5, 5.41) is 6.55. The average molecular weight is 302 g/mol. The number of nitrogens with one attached hydrogen (secondary N) is 2. The highest BCUT2D eigenvalue weighted by Crippen LogP contribution is 2.30. The van der Waals surface area contributed by atoms with Crippen molar-refractivity contribution in [2.75, 3.05) is 19.6 Å². The van der Waals surface area contributed by atoms with E-state index in [4.69, 9.17) is 0 Å². The van der Waals surface area contributed by atoms with Gasteiger partial charge in [-0.25, -0.2) is 0 Å². The summed E-state index contributed by atoms with van der Waals surface area (Å²) in [6.45, 7) is 7.35. The first-order chi connectivity index (χ1) is 10.7. The van der Waals surface area contributed by atoms with E-state index in [2.05, 4.69) is 48.7 Å². The summed E-state index contributed by atoms with van der Waals surface area (Å²) in [4.78, 5) is 12.2. The van der Waals surface area contributed by atoms with Crippen LogP contribution in [-0.4, -0.2) is 25.5 Å². The van der Waals surface area contributed by atoms with Crippen molar-refractivity contribution in [1.82, 2.24) is 10.6 Å². The van der Waals surface area contributed by atoms with Crippen molar-refractivity contribution in [3.05, 3.63) is 35.9 Å². The van der Waals surface area contributed by atoms with Gasteiger partial charge in [-0.05, 0) is 50.3 Å². The van der Waals surface area contributed by atoms with Gasteiger partial charge >= 0.3 is 0 Å². The molecule has 1 aromatic rings. The van der Waals surface area contributed by atoms with Gasteiger partial charge in [-0.15, -0.1) is 0 Å². The number of amides is 1. The molecular weight excluding hydrogens is 272 g/mol. The summed E-state index contributed by atoms with van der Waals surface area (Å²) in [7, 11) is 0. The minimum atomic E-state index is 0.0613. The molecule has 0 saturated carbocycles. The van der Waals surface area contributed by atoms with Gasteiger partial charge in [0.15, 0.2) is 0 Å². The second-order valence-corrected chi connectivity index (χ2v) is 6.53. The lowest BCUT2D eigenvalue weighted by molar-refractivity contribution is -0.121. The van der Waals surface area contributed by atoms with Crippen molar-refractivity contribution >= 4 is 5.91 Å². The Hall–Kier alpha value is -1.35. The quantitative estimate of drug-likeness (QED) is 0.774. The van der Waals surface area contributed by atoms with E-state index in [0.717, 1.165) is 38.9 Å². The molecule has 3 heteroatoms. The molecule has 1 aliphatic heterocycles. The maximum atomic E-state index is 12.2. The van der Waals surface area contributed by atoms with Crippen LogP contribution in [0.15, 0.2) is 30.3 Å². The van der Waals surface area contributed by atoms with E-state index in [1.54, 1.807) is 0 Å². The van der Waals surface area contributed by atoms with Gasteiger partial charge in [0, 0.05) is 18.4 Å². The number of carbonyl (C=O) groups excluding carboxylic acids is 1. The molecular formula is C19H30N2O. The van der Waals surface area contributed by atoms with Gasteiger partial charge in [-0.2, -0.15) is 0 Å². The Morgan fingerprint density at radius 2 is 2.00 bits per heavy atom. The number of hydrogen-bond donors (Lipinski definition) is 2. The Morgan fingerprint density at radius 3 is 2.59 bits per heavy atom. The maximum absolute atomic E-state index is 12.2. The predicted octanol–water partition coefficient (Wildman–Crippen LogP) is 3.25. The number of carbonyl (C=O) groups is 1. The van der Waals surface area contributed by atoms with E-state index in [9.17, 15) is 4.79 Å². The lowest BCUT2D eigenvalue weighted by atomic mass is 9.76. The second kappa shape index (κ2) is 8.33. The van der Waals surface area contributed by atoms with Crippen LogP contribution in [0.1, 0.15) is 51.5 Å². The molecule has 122 valence electrons. The van der Waals surface area contributed by atoms with Crippen molar-refractivity contribution in [2.45, 2.75) is 51.4 Å². The molecule has 0 bridgehead atoms. The first-order valence-electron chi connectivity index (χ1n) is 8.73. The average Bonchev–Trinajstić information content (AvgIpc) is 3.09. The first-order valence-corrected chi connectivity index (χ1v) is 8.73. The van der Waals surface area contributed by atoms with Gasteiger partial charge < -0.3 is 10.6 Å². The molecule has 0 radical (unpaired) electrons. The van der Waals surface area contributed by atoms with Crippen molar-refractivity contribution in [3.63, 3.8) is 0 Å². The molecule has 1 heterocycles. The molecule has 0 aliphatic carbocycles. The molecule has 1 fully saturated rings. The van der Waals surface area contributed by atoms with E-state index < -0.39 is 0 Å². The molecule has 0 aromatic heterocycles. The molecule has 2 rings (SSSR count). The minimum Gasteiger partial charge on any atom is -0.355 e. The van der Waals surface area contributed by atoms with E-state index in [1.165, 1.54) is 12.0 Å². The third-order valence-corrected chi connectivity index (χ3v) is 5.31. The molecule has 1 aromatic carbocycles. The van der Waals surface area contributed by atoms with Gasteiger partial charge in [-0.1, -0.05) is 44.2 Å². The standard InChI is InChI=1S/C19H30N2O/c1-3-19(4-2,17-8-6-5-7-9-17)15-21-18(22)11-10-16-12-13-20-14-16/h5-9,16,20H,3-4,10-15H2,1-2H3,(H,21,22). The van der Waals surface area contributed by atoms with Gasteiger partial charge in [0.1, 0.15) is 0 Å². The maximum Gasteiger partial charge on any atom is 0.220 e. The summed E-state index contributed by atoms with van der Waals surface area (Å²) in [5.74, 6) is 0.885. The summed E-state index contributed by atoms with van der Waals surface area (Å²) < 4.78 is 0. The third kappa shape index (κ3) is 4.33. The lowest BCUT2D eigenvalue weighted by Gasteiger charge is -2.32. The summed E-state index contributed by atoms with van der Waals surface area (Å²) in [6, 6.07) is 10.6. The Morgan fingerprint density at radius 1 is 1.27 bits per heavy atom. The van der Waals surface area contributed by atoms with Crippen LogP contribution in [0.25, 0.3) is 0 Å². The van der Waals surface area contributed by atoms with Crippen LogP contribution in [0, 0.1) is 5.92 Å². The Bertz CT molecular complexity index is 448. The van der Waals surface area contributed by atoms with Gasteiger partial charge in [0.2, 0.25) is 5.91 Å². The van der Waals surface area contributed by atoms with E-state index >= 15 is 0 Å². The molecule has 1 unspecified atom stereocenters. The monoisotopic (exact) mass is 302 g/mol. The SMILES string of the molecule is CCC(CC)(CNC(=O)CCC1CCNC1)c1ccccc1. The topological polar surface area (TPSA) is 41.1 Å². The zero-order chi connectivity index (χ0) is 15.8. The second-order valence-electron chi connectivity index (χ2n) is 6.53. The van der Waals surface area contributed by atoms with Crippen LogP contribution < -0.4 is 10.6 Å². The van der Waals surface area contributed by atoms with Crippen LogP contribution in [0.2, 0.25) is 0 Å². The van der Waals surface area contributed by atoms with Crippen LogP contribution in [0.5, 0.6) is 0 Å². The van der Waals surface area contributed by atoms with Gasteiger partial charge in [0.25, 0.3) is 0 Å². The number of benzene rings is 1. The van der Waals surface area contributed by atoms with Crippen molar-refractivity contribution in [2.24, 2.45) is 5.92 Å². The van der Waals surface area contributed by atoms with Crippen LogP contribution in [0.3, 0.4) is 0 Å². The molecule has 1 amide bonds. The highest BCUT2D eigenvalue weighted by atomic mass is 16.1. The Labute approximate surface area is 134 Å². The Kier molecular flexibility index (Phi) is 6.44. The fraction of sp³-hybridized carbons (Fsp3) is 0.632. The molecule has 0 spiro atoms. The fourth-order valence-corrected chi connectivity index (χ4v) is 3.45. The van der Waals surface area contributed by atoms with Crippen molar-refractivity contribution in [3.8, 4) is 0 Å². The molecule has 1 atom stereocenters. The predicted molar refractivity (Wildman–Crippen MR) is 91.9 cm³/mol. The molecule has 3 nitrogen and oxygen atoms in total. The fourth-order valence-electron chi connectivity index (χ4n) is 3.45. The Balaban J connectivity index is 1.87. The van der Waals surface area contributed by atoms with Crippen LogP contribution in [0.4, 0.5) is 0 Å². The van der Waals surface area contributed by atoms with E-state index in [1.807, 2.05) is 6.07 Å².